The molecule has 6 heteroatoms. The topological polar surface area (TPSA) is 59.2 Å². The summed E-state index contributed by atoms with van der Waals surface area (Å²) in [5.41, 5.74) is 0.271. The van der Waals surface area contributed by atoms with Crippen LogP contribution in [0.4, 0.5) is 4.39 Å². The van der Waals surface area contributed by atoms with Crippen molar-refractivity contribution in [1.82, 2.24) is 15.1 Å². The SMILES string of the molecule is CCCCN(C)C(=O)CCc1nnc(-c2ccccc2F)o1. The fraction of sp³-hybridized carbons (Fsp3) is 0.438. The van der Waals surface area contributed by atoms with Crippen LogP contribution < -0.4 is 0 Å². The average Bonchev–Trinajstić information content (AvgIpc) is 2.99. The molecular weight excluding hydrogens is 285 g/mol. The molecule has 1 amide bonds. The van der Waals surface area contributed by atoms with Gasteiger partial charge in [0.25, 0.3) is 5.89 Å². The maximum Gasteiger partial charge on any atom is 0.250 e. The van der Waals surface area contributed by atoms with Crippen LogP contribution >= 0.6 is 0 Å². The Kier molecular flexibility index (Phi) is 5.63. The Bertz CT molecular complexity index is 627. The smallest absolute Gasteiger partial charge is 0.250 e. The lowest BCUT2D eigenvalue weighted by atomic mass is 10.2. The molecule has 2 rings (SSSR count). The Morgan fingerprint density at radius 3 is 2.82 bits per heavy atom. The normalized spacial score (nSPS) is 10.7. The number of hydrogen-bond acceptors (Lipinski definition) is 4. The van der Waals surface area contributed by atoms with Gasteiger partial charge in [-0.25, -0.2) is 4.39 Å². The summed E-state index contributed by atoms with van der Waals surface area (Å²) in [7, 11) is 1.79. The van der Waals surface area contributed by atoms with Gasteiger partial charge in [-0.15, -0.1) is 10.2 Å². The molecule has 0 aliphatic rings. The van der Waals surface area contributed by atoms with Crippen LogP contribution in [0, 0.1) is 5.82 Å². The molecular formula is C16H20FN3O2. The first-order chi connectivity index (χ1) is 10.6. The van der Waals surface area contributed by atoms with E-state index in [0.717, 1.165) is 19.4 Å². The van der Waals surface area contributed by atoms with Gasteiger partial charge in [0.15, 0.2) is 0 Å². The Morgan fingerprint density at radius 1 is 1.32 bits per heavy atom. The minimum absolute atomic E-state index is 0.0408. The van der Waals surface area contributed by atoms with Crippen LogP contribution in [-0.4, -0.2) is 34.6 Å². The Labute approximate surface area is 129 Å². The summed E-state index contributed by atoms with van der Waals surface area (Å²) < 4.78 is 19.1. The monoisotopic (exact) mass is 305 g/mol. The van der Waals surface area contributed by atoms with Crippen molar-refractivity contribution >= 4 is 5.91 Å². The quantitative estimate of drug-likeness (QED) is 0.789. The van der Waals surface area contributed by atoms with E-state index in [9.17, 15) is 9.18 Å². The molecule has 0 aliphatic carbocycles. The molecule has 0 radical (unpaired) electrons. The lowest BCUT2D eigenvalue weighted by Crippen LogP contribution is -2.27. The van der Waals surface area contributed by atoms with E-state index in [-0.39, 0.29) is 17.4 Å². The van der Waals surface area contributed by atoms with Gasteiger partial charge in [-0.05, 0) is 18.6 Å². The van der Waals surface area contributed by atoms with E-state index in [2.05, 4.69) is 17.1 Å². The summed E-state index contributed by atoms with van der Waals surface area (Å²) in [6.07, 6.45) is 2.70. The van der Waals surface area contributed by atoms with Crippen LogP contribution in [0.2, 0.25) is 0 Å². The largest absolute Gasteiger partial charge is 0.421 e. The van der Waals surface area contributed by atoms with Gasteiger partial charge in [0.1, 0.15) is 5.82 Å². The number of carbonyl (C=O) groups excluding carboxylic acids is 1. The van der Waals surface area contributed by atoms with Crippen molar-refractivity contribution in [1.29, 1.82) is 0 Å². The lowest BCUT2D eigenvalue weighted by molar-refractivity contribution is -0.130. The lowest BCUT2D eigenvalue weighted by Gasteiger charge is -2.15. The van der Waals surface area contributed by atoms with E-state index in [0.29, 0.717) is 18.7 Å². The highest BCUT2D eigenvalue weighted by Gasteiger charge is 2.14. The number of hydrogen-bond donors (Lipinski definition) is 0. The van der Waals surface area contributed by atoms with Crippen LogP contribution in [0.5, 0.6) is 0 Å². The van der Waals surface area contributed by atoms with Gasteiger partial charge in [-0.3, -0.25) is 4.79 Å². The molecule has 1 aromatic carbocycles. The molecule has 0 unspecified atom stereocenters. The number of carbonyl (C=O) groups is 1. The number of aryl methyl sites for hydroxylation is 1. The fourth-order valence-corrected chi connectivity index (χ4v) is 2.02. The molecule has 2 aromatic rings. The first kappa shape index (κ1) is 16.1. The molecule has 0 N–H and O–H groups in total. The predicted molar refractivity (Wildman–Crippen MR) is 80.6 cm³/mol. The summed E-state index contributed by atoms with van der Waals surface area (Å²) in [4.78, 5) is 13.6. The summed E-state index contributed by atoms with van der Waals surface area (Å²) >= 11 is 0. The van der Waals surface area contributed by atoms with Crippen LogP contribution in [0.1, 0.15) is 32.1 Å². The number of benzene rings is 1. The zero-order chi connectivity index (χ0) is 15.9. The van der Waals surface area contributed by atoms with Gasteiger partial charge < -0.3 is 9.32 Å². The van der Waals surface area contributed by atoms with E-state index in [1.54, 1.807) is 30.1 Å². The van der Waals surface area contributed by atoms with Crippen molar-refractivity contribution in [3.05, 3.63) is 36.0 Å². The van der Waals surface area contributed by atoms with Crippen LogP contribution in [0.15, 0.2) is 28.7 Å². The Balaban J connectivity index is 1.93. The van der Waals surface area contributed by atoms with Crippen molar-refractivity contribution in [2.75, 3.05) is 13.6 Å². The molecule has 1 heterocycles. The molecule has 0 fully saturated rings. The molecule has 0 saturated heterocycles. The number of halogens is 1. The van der Waals surface area contributed by atoms with E-state index in [1.807, 2.05) is 0 Å². The summed E-state index contributed by atoms with van der Waals surface area (Å²) in [5.74, 6) is 0.113. The summed E-state index contributed by atoms with van der Waals surface area (Å²) in [6, 6.07) is 6.22. The maximum atomic E-state index is 13.6. The third-order valence-corrected chi connectivity index (χ3v) is 3.40. The third kappa shape index (κ3) is 4.13. The first-order valence-corrected chi connectivity index (χ1v) is 7.43. The highest BCUT2D eigenvalue weighted by atomic mass is 19.1. The predicted octanol–water partition coefficient (Wildman–Crippen LogP) is 3.07. The second-order valence-electron chi connectivity index (χ2n) is 5.15. The Hall–Kier alpha value is -2.24. The number of unbranched alkanes of at least 4 members (excludes halogenated alkanes) is 1. The zero-order valence-corrected chi connectivity index (χ0v) is 12.9. The highest BCUT2D eigenvalue weighted by molar-refractivity contribution is 5.75. The van der Waals surface area contributed by atoms with Gasteiger partial charge >= 0.3 is 0 Å². The molecule has 0 bridgehead atoms. The molecule has 0 atom stereocenters. The number of amides is 1. The Morgan fingerprint density at radius 2 is 2.09 bits per heavy atom. The molecule has 1 aromatic heterocycles. The standard InChI is InChI=1S/C16H20FN3O2/c1-3-4-11-20(2)15(21)10-9-14-18-19-16(22-14)12-7-5-6-8-13(12)17/h5-8H,3-4,9-11H2,1-2H3. The van der Waals surface area contributed by atoms with Gasteiger partial charge in [0.2, 0.25) is 11.8 Å². The average molecular weight is 305 g/mol. The van der Waals surface area contributed by atoms with Gasteiger partial charge in [-0.1, -0.05) is 25.5 Å². The van der Waals surface area contributed by atoms with Crippen LogP contribution in [-0.2, 0) is 11.2 Å². The molecule has 118 valence electrons. The molecule has 5 nitrogen and oxygen atoms in total. The summed E-state index contributed by atoms with van der Waals surface area (Å²) in [5, 5.41) is 7.71. The zero-order valence-electron chi connectivity index (χ0n) is 12.9. The van der Waals surface area contributed by atoms with Crippen LogP contribution in [0.25, 0.3) is 11.5 Å². The second kappa shape index (κ2) is 7.68. The van der Waals surface area contributed by atoms with E-state index in [1.165, 1.54) is 6.07 Å². The van der Waals surface area contributed by atoms with E-state index < -0.39 is 5.82 Å². The molecule has 22 heavy (non-hydrogen) atoms. The van der Waals surface area contributed by atoms with E-state index >= 15 is 0 Å². The van der Waals surface area contributed by atoms with Crippen molar-refractivity contribution in [2.24, 2.45) is 0 Å². The fourth-order valence-electron chi connectivity index (χ4n) is 2.02. The number of nitrogens with zero attached hydrogens (tertiary/aromatic N) is 3. The third-order valence-electron chi connectivity index (χ3n) is 3.40. The maximum absolute atomic E-state index is 13.6. The first-order valence-electron chi connectivity index (χ1n) is 7.43. The molecule has 0 aliphatic heterocycles. The molecule has 0 spiro atoms. The van der Waals surface area contributed by atoms with Gasteiger partial charge in [0.05, 0.1) is 5.56 Å². The van der Waals surface area contributed by atoms with Gasteiger partial charge in [-0.2, -0.15) is 0 Å². The van der Waals surface area contributed by atoms with Crippen molar-refractivity contribution in [3.63, 3.8) is 0 Å². The second-order valence-corrected chi connectivity index (χ2v) is 5.15. The van der Waals surface area contributed by atoms with Crippen LogP contribution in [0.3, 0.4) is 0 Å². The van der Waals surface area contributed by atoms with E-state index in [4.69, 9.17) is 4.42 Å². The van der Waals surface area contributed by atoms with Crippen molar-refractivity contribution < 1.29 is 13.6 Å². The summed E-state index contributed by atoms with van der Waals surface area (Å²) in [6.45, 7) is 2.83. The van der Waals surface area contributed by atoms with Crippen molar-refractivity contribution in [3.8, 4) is 11.5 Å². The molecule has 0 saturated carbocycles. The minimum atomic E-state index is -0.409. The van der Waals surface area contributed by atoms with Crippen molar-refractivity contribution in [2.45, 2.75) is 32.6 Å². The number of aromatic nitrogens is 2. The highest BCUT2D eigenvalue weighted by Crippen LogP contribution is 2.21. The van der Waals surface area contributed by atoms with Gasteiger partial charge in [0, 0.05) is 26.4 Å². The number of rotatable bonds is 7. The minimum Gasteiger partial charge on any atom is -0.421 e.